The molecule has 33 heavy (non-hydrogen) atoms. The van der Waals surface area contributed by atoms with Crippen LogP contribution in [0.15, 0.2) is 54.5 Å². The fraction of sp³-hybridized carbons (Fsp3) is 0.348. The van der Waals surface area contributed by atoms with Gasteiger partial charge >= 0.3 is 6.18 Å². The maximum absolute atomic E-state index is 13.3. The molecule has 176 valence electrons. The van der Waals surface area contributed by atoms with Crippen LogP contribution in [0.1, 0.15) is 34.3 Å². The molecule has 2 heterocycles. The van der Waals surface area contributed by atoms with Crippen molar-refractivity contribution in [2.24, 2.45) is 0 Å². The summed E-state index contributed by atoms with van der Waals surface area (Å²) in [6.07, 6.45) is -2.47. The smallest absolute Gasteiger partial charge is 0.416 e. The van der Waals surface area contributed by atoms with Crippen molar-refractivity contribution in [2.45, 2.75) is 31.5 Å². The van der Waals surface area contributed by atoms with E-state index in [0.717, 1.165) is 23.1 Å². The highest BCUT2D eigenvalue weighted by Crippen LogP contribution is 2.33. The molecule has 1 saturated heterocycles. The third-order valence-electron chi connectivity index (χ3n) is 5.98. The van der Waals surface area contributed by atoms with Gasteiger partial charge in [-0.3, -0.25) is 4.79 Å². The normalized spacial score (nSPS) is 19.8. The summed E-state index contributed by atoms with van der Waals surface area (Å²) < 4.78 is 69.7. The second kappa shape index (κ2) is 8.83. The molecule has 2 aromatic carbocycles. The molecule has 0 saturated carbocycles. The highest BCUT2D eigenvalue weighted by molar-refractivity contribution is 7.92. The minimum Gasteiger partial charge on any atom is -0.457 e. The van der Waals surface area contributed by atoms with E-state index in [0.29, 0.717) is 43.7 Å². The predicted molar refractivity (Wildman–Crippen MR) is 116 cm³/mol. The van der Waals surface area contributed by atoms with Crippen molar-refractivity contribution >= 4 is 15.9 Å². The number of amides is 1. The standard InChI is InChI=1S/C23H23F3N2O4S/c1-2-33(30,31)27-12-3-4-18(15-27)28-13-11-16-5-8-20(14-21(16)22(28)29)32-19-9-6-17(7-10-19)23(24,25)26/h2,5-10,14,18H,1,3-4,11-13,15H2. The number of benzene rings is 2. The van der Waals surface area contributed by atoms with E-state index in [4.69, 9.17) is 4.74 Å². The SMILES string of the molecule is C=CS(=O)(=O)N1CCCC(N2CCc3ccc(Oc4ccc(C(F)(F)F)cc4)cc3C2=O)C1. The van der Waals surface area contributed by atoms with Crippen molar-refractivity contribution < 1.29 is 31.1 Å². The minimum atomic E-state index is -4.43. The van der Waals surface area contributed by atoms with Gasteiger partial charge in [-0.05, 0) is 61.2 Å². The van der Waals surface area contributed by atoms with E-state index in [9.17, 15) is 26.4 Å². The van der Waals surface area contributed by atoms with Gasteiger partial charge in [-0.15, -0.1) is 0 Å². The lowest BCUT2D eigenvalue weighted by molar-refractivity contribution is -0.137. The Morgan fingerprint density at radius 1 is 1.06 bits per heavy atom. The molecule has 10 heteroatoms. The second-order valence-corrected chi connectivity index (χ2v) is 9.94. The quantitative estimate of drug-likeness (QED) is 0.635. The number of halogens is 3. The van der Waals surface area contributed by atoms with Crippen molar-refractivity contribution in [3.05, 3.63) is 71.1 Å². The van der Waals surface area contributed by atoms with Crippen molar-refractivity contribution in [2.75, 3.05) is 19.6 Å². The van der Waals surface area contributed by atoms with Crippen molar-refractivity contribution in [3.63, 3.8) is 0 Å². The number of carbonyl (C=O) groups is 1. The first-order chi connectivity index (χ1) is 15.6. The summed E-state index contributed by atoms with van der Waals surface area (Å²) in [5.74, 6) is 0.348. The first-order valence-electron chi connectivity index (χ1n) is 10.5. The van der Waals surface area contributed by atoms with E-state index < -0.39 is 21.8 Å². The number of rotatable bonds is 5. The molecule has 2 aliphatic rings. The molecule has 0 spiro atoms. The Bertz CT molecular complexity index is 1160. The van der Waals surface area contributed by atoms with Crippen LogP contribution in [-0.2, 0) is 22.6 Å². The predicted octanol–water partition coefficient (Wildman–Crippen LogP) is 4.43. The Labute approximate surface area is 190 Å². The van der Waals surface area contributed by atoms with Gasteiger partial charge in [-0.1, -0.05) is 12.6 Å². The molecule has 1 atom stereocenters. The first-order valence-corrected chi connectivity index (χ1v) is 12.0. The third kappa shape index (κ3) is 4.91. The first kappa shape index (κ1) is 23.3. The Hall–Kier alpha value is -2.85. The summed E-state index contributed by atoms with van der Waals surface area (Å²) in [7, 11) is -3.56. The van der Waals surface area contributed by atoms with Crippen LogP contribution in [0.5, 0.6) is 11.5 Å². The van der Waals surface area contributed by atoms with E-state index in [2.05, 4.69) is 6.58 Å². The number of hydrogen-bond acceptors (Lipinski definition) is 4. The Kier molecular flexibility index (Phi) is 6.24. The summed E-state index contributed by atoms with van der Waals surface area (Å²) in [5, 5.41) is 0.924. The lowest BCUT2D eigenvalue weighted by Crippen LogP contribution is -2.53. The molecular weight excluding hydrogens is 457 g/mol. The van der Waals surface area contributed by atoms with Gasteiger partial charge in [0.05, 0.1) is 5.56 Å². The van der Waals surface area contributed by atoms with Gasteiger partial charge in [0.2, 0.25) is 10.0 Å². The molecule has 0 aromatic heterocycles. The molecule has 2 aromatic rings. The molecule has 1 amide bonds. The van der Waals surface area contributed by atoms with Gasteiger partial charge in [0.1, 0.15) is 11.5 Å². The van der Waals surface area contributed by atoms with Crippen LogP contribution in [0, 0.1) is 0 Å². The van der Waals surface area contributed by atoms with Gasteiger partial charge in [-0.25, -0.2) is 8.42 Å². The lowest BCUT2D eigenvalue weighted by atomic mass is 9.95. The number of alkyl halides is 3. The lowest BCUT2D eigenvalue weighted by Gasteiger charge is -2.40. The summed E-state index contributed by atoms with van der Waals surface area (Å²) in [4.78, 5) is 15.0. The molecule has 6 nitrogen and oxygen atoms in total. The average molecular weight is 481 g/mol. The minimum absolute atomic E-state index is 0.211. The summed E-state index contributed by atoms with van der Waals surface area (Å²) in [5.41, 5.74) is 0.530. The van der Waals surface area contributed by atoms with Gasteiger partial charge in [0, 0.05) is 36.6 Å². The van der Waals surface area contributed by atoms with Crippen molar-refractivity contribution in [3.8, 4) is 11.5 Å². The summed E-state index contributed by atoms with van der Waals surface area (Å²) in [6, 6.07) is 9.13. The zero-order valence-electron chi connectivity index (χ0n) is 17.7. The third-order valence-corrected chi connectivity index (χ3v) is 7.46. The Morgan fingerprint density at radius 2 is 1.76 bits per heavy atom. The number of fused-ring (bicyclic) bond motifs is 1. The van der Waals surface area contributed by atoms with Crippen LogP contribution in [0.3, 0.4) is 0 Å². The van der Waals surface area contributed by atoms with E-state index in [-0.39, 0.29) is 24.2 Å². The maximum atomic E-state index is 13.3. The molecule has 1 unspecified atom stereocenters. The summed E-state index contributed by atoms with van der Waals surface area (Å²) in [6.45, 7) is 4.47. The van der Waals surface area contributed by atoms with E-state index >= 15 is 0 Å². The molecule has 0 radical (unpaired) electrons. The van der Waals surface area contributed by atoms with E-state index in [1.165, 1.54) is 16.4 Å². The second-order valence-electron chi connectivity index (χ2n) is 8.06. The van der Waals surface area contributed by atoms with E-state index in [1.54, 1.807) is 23.1 Å². The summed E-state index contributed by atoms with van der Waals surface area (Å²) >= 11 is 0. The molecule has 0 bridgehead atoms. The highest BCUT2D eigenvalue weighted by Gasteiger charge is 2.35. The van der Waals surface area contributed by atoms with Crippen LogP contribution in [0.4, 0.5) is 13.2 Å². The van der Waals surface area contributed by atoms with Crippen LogP contribution in [0.2, 0.25) is 0 Å². The molecular formula is C23H23F3N2O4S. The van der Waals surface area contributed by atoms with Gasteiger partial charge < -0.3 is 9.64 Å². The number of nitrogens with zero attached hydrogens (tertiary/aromatic N) is 2. The number of hydrogen-bond donors (Lipinski definition) is 0. The van der Waals surface area contributed by atoms with Crippen LogP contribution in [-0.4, -0.2) is 49.2 Å². The molecule has 0 aliphatic carbocycles. The number of carbonyl (C=O) groups excluding carboxylic acids is 1. The number of ether oxygens (including phenoxy) is 1. The van der Waals surface area contributed by atoms with E-state index in [1.807, 2.05) is 0 Å². The van der Waals surface area contributed by atoms with Crippen LogP contribution < -0.4 is 4.74 Å². The topological polar surface area (TPSA) is 66.9 Å². The fourth-order valence-corrected chi connectivity index (χ4v) is 5.22. The zero-order chi connectivity index (χ0) is 23.8. The van der Waals surface area contributed by atoms with Gasteiger partial charge in [-0.2, -0.15) is 17.5 Å². The number of sulfonamides is 1. The average Bonchev–Trinajstić information content (AvgIpc) is 2.79. The largest absolute Gasteiger partial charge is 0.457 e. The fourth-order valence-electron chi connectivity index (χ4n) is 4.24. The molecule has 1 fully saturated rings. The van der Waals surface area contributed by atoms with Crippen LogP contribution >= 0.6 is 0 Å². The number of piperidine rings is 1. The molecule has 0 N–H and O–H groups in total. The monoisotopic (exact) mass is 480 g/mol. The Balaban J connectivity index is 1.51. The Morgan fingerprint density at radius 3 is 2.42 bits per heavy atom. The zero-order valence-corrected chi connectivity index (χ0v) is 18.5. The molecule has 4 rings (SSSR count). The maximum Gasteiger partial charge on any atom is 0.416 e. The van der Waals surface area contributed by atoms with Crippen molar-refractivity contribution in [1.82, 2.24) is 9.21 Å². The van der Waals surface area contributed by atoms with Crippen LogP contribution in [0.25, 0.3) is 0 Å². The van der Waals surface area contributed by atoms with Gasteiger partial charge in [0.15, 0.2) is 0 Å². The highest BCUT2D eigenvalue weighted by atomic mass is 32.2. The van der Waals surface area contributed by atoms with Crippen molar-refractivity contribution in [1.29, 1.82) is 0 Å². The van der Waals surface area contributed by atoms with Gasteiger partial charge in [0.25, 0.3) is 5.91 Å². The molecule has 2 aliphatic heterocycles.